The quantitative estimate of drug-likeness (QED) is 0.530. The second kappa shape index (κ2) is 12.9. The molecule has 1 aromatic heterocycles. The van der Waals surface area contributed by atoms with Gasteiger partial charge in [-0.15, -0.1) is 0 Å². The number of aryl methyl sites for hydroxylation is 1. The van der Waals surface area contributed by atoms with Gasteiger partial charge in [0.1, 0.15) is 5.82 Å². The Labute approximate surface area is 197 Å². The summed E-state index contributed by atoms with van der Waals surface area (Å²) in [4.78, 5) is 33.5. The third-order valence-corrected chi connectivity index (χ3v) is 5.84. The van der Waals surface area contributed by atoms with Gasteiger partial charge in [-0.3, -0.25) is 9.59 Å². The number of nitrogens with zero attached hydrogens (tertiary/aromatic N) is 3. The topological polar surface area (TPSA) is 74.8 Å². The SMILES string of the molecule is CCCCOCCCNC(=O)c1ccc(N2CCN(C(=O)Cc3ccc(C)cc3)CC2)nc1. The molecule has 0 spiro atoms. The Hall–Kier alpha value is -2.93. The van der Waals surface area contributed by atoms with E-state index in [1.807, 2.05) is 48.2 Å². The first-order valence-electron chi connectivity index (χ1n) is 12.0. The number of nitrogens with one attached hydrogen (secondary N) is 1. The molecule has 2 aromatic rings. The van der Waals surface area contributed by atoms with Crippen molar-refractivity contribution in [1.29, 1.82) is 0 Å². The molecule has 1 aliphatic rings. The largest absolute Gasteiger partial charge is 0.381 e. The Morgan fingerprint density at radius 2 is 1.73 bits per heavy atom. The van der Waals surface area contributed by atoms with Crippen LogP contribution in [-0.4, -0.2) is 67.6 Å². The lowest BCUT2D eigenvalue weighted by atomic mass is 10.1. The molecule has 1 N–H and O–H groups in total. The van der Waals surface area contributed by atoms with Gasteiger partial charge in [0.2, 0.25) is 5.91 Å². The molecule has 0 aliphatic carbocycles. The predicted octanol–water partition coefficient (Wildman–Crippen LogP) is 3.22. The lowest BCUT2D eigenvalue weighted by Gasteiger charge is -2.35. The fourth-order valence-corrected chi connectivity index (χ4v) is 3.71. The summed E-state index contributed by atoms with van der Waals surface area (Å²) in [6.07, 6.45) is 5.06. The molecule has 2 amide bonds. The van der Waals surface area contributed by atoms with Crippen LogP contribution in [-0.2, 0) is 16.0 Å². The number of benzene rings is 1. The van der Waals surface area contributed by atoms with E-state index in [0.717, 1.165) is 50.3 Å². The highest BCUT2D eigenvalue weighted by Crippen LogP contribution is 2.15. The number of ether oxygens (including phenoxy) is 1. The molecule has 1 saturated heterocycles. The number of amides is 2. The number of hydrogen-bond acceptors (Lipinski definition) is 5. The molecule has 7 heteroatoms. The van der Waals surface area contributed by atoms with Gasteiger partial charge >= 0.3 is 0 Å². The minimum Gasteiger partial charge on any atom is -0.381 e. The molecule has 0 unspecified atom stereocenters. The van der Waals surface area contributed by atoms with Crippen molar-refractivity contribution in [3.8, 4) is 0 Å². The molecule has 178 valence electrons. The van der Waals surface area contributed by atoms with Crippen LogP contribution in [0.1, 0.15) is 47.7 Å². The maximum absolute atomic E-state index is 12.6. The molecule has 7 nitrogen and oxygen atoms in total. The number of hydrogen-bond donors (Lipinski definition) is 1. The fraction of sp³-hybridized carbons (Fsp3) is 0.500. The van der Waals surface area contributed by atoms with E-state index < -0.39 is 0 Å². The number of rotatable bonds is 11. The Morgan fingerprint density at radius 1 is 1.00 bits per heavy atom. The summed E-state index contributed by atoms with van der Waals surface area (Å²) in [7, 11) is 0. The van der Waals surface area contributed by atoms with Crippen LogP contribution in [0.25, 0.3) is 0 Å². The van der Waals surface area contributed by atoms with Gasteiger partial charge in [-0.1, -0.05) is 43.2 Å². The molecule has 1 fully saturated rings. The Bertz CT molecular complexity index is 875. The van der Waals surface area contributed by atoms with E-state index in [0.29, 0.717) is 38.2 Å². The minimum absolute atomic E-state index is 0.117. The maximum Gasteiger partial charge on any atom is 0.252 e. The van der Waals surface area contributed by atoms with Crippen LogP contribution in [0.15, 0.2) is 42.6 Å². The highest BCUT2D eigenvalue weighted by molar-refractivity contribution is 5.94. The summed E-state index contributed by atoms with van der Waals surface area (Å²) < 4.78 is 5.51. The highest BCUT2D eigenvalue weighted by Gasteiger charge is 2.22. The van der Waals surface area contributed by atoms with Gasteiger partial charge in [0, 0.05) is 52.1 Å². The number of unbranched alkanes of at least 4 members (excludes halogenated alkanes) is 1. The van der Waals surface area contributed by atoms with Crippen LogP contribution >= 0.6 is 0 Å². The Kier molecular flexibility index (Phi) is 9.69. The van der Waals surface area contributed by atoms with E-state index in [4.69, 9.17) is 4.74 Å². The first-order chi connectivity index (χ1) is 16.1. The summed E-state index contributed by atoms with van der Waals surface area (Å²) in [6.45, 7) is 9.03. The number of anilines is 1. The molecule has 1 aliphatic heterocycles. The summed E-state index contributed by atoms with van der Waals surface area (Å²) in [5.74, 6) is 0.880. The van der Waals surface area contributed by atoms with Gasteiger partial charge in [-0.05, 0) is 37.5 Å². The third kappa shape index (κ3) is 7.86. The first-order valence-corrected chi connectivity index (χ1v) is 12.0. The second-order valence-electron chi connectivity index (χ2n) is 8.51. The van der Waals surface area contributed by atoms with Crippen molar-refractivity contribution < 1.29 is 14.3 Å². The monoisotopic (exact) mass is 452 g/mol. The number of aromatic nitrogens is 1. The Morgan fingerprint density at radius 3 is 2.39 bits per heavy atom. The number of carbonyl (C=O) groups excluding carboxylic acids is 2. The molecule has 3 rings (SSSR count). The van der Waals surface area contributed by atoms with Crippen molar-refractivity contribution in [2.45, 2.75) is 39.5 Å². The standard InChI is InChI=1S/C26H36N4O3/c1-3-4-17-33-18-5-12-27-26(32)23-10-11-24(28-20-23)29-13-15-30(16-14-29)25(31)19-22-8-6-21(2)7-9-22/h6-11,20H,3-5,12-19H2,1-2H3,(H,27,32). The summed E-state index contributed by atoms with van der Waals surface area (Å²) in [5, 5.41) is 2.91. The molecular formula is C26H36N4O3. The van der Waals surface area contributed by atoms with Gasteiger partial charge in [0.25, 0.3) is 5.91 Å². The van der Waals surface area contributed by atoms with E-state index in [1.165, 1.54) is 5.56 Å². The van der Waals surface area contributed by atoms with Crippen molar-refractivity contribution >= 4 is 17.6 Å². The van der Waals surface area contributed by atoms with Crippen LogP contribution in [0, 0.1) is 6.92 Å². The number of carbonyl (C=O) groups is 2. The lowest BCUT2D eigenvalue weighted by Crippen LogP contribution is -2.49. The van der Waals surface area contributed by atoms with E-state index in [1.54, 1.807) is 6.20 Å². The van der Waals surface area contributed by atoms with Gasteiger partial charge in [0.05, 0.1) is 12.0 Å². The van der Waals surface area contributed by atoms with Gasteiger partial charge < -0.3 is 19.9 Å². The average molecular weight is 453 g/mol. The molecular weight excluding hydrogens is 416 g/mol. The third-order valence-electron chi connectivity index (χ3n) is 5.84. The zero-order valence-corrected chi connectivity index (χ0v) is 19.9. The van der Waals surface area contributed by atoms with Gasteiger partial charge in [-0.2, -0.15) is 0 Å². The maximum atomic E-state index is 12.6. The average Bonchev–Trinajstić information content (AvgIpc) is 2.85. The van der Waals surface area contributed by atoms with Crippen LogP contribution in [0.3, 0.4) is 0 Å². The molecule has 0 radical (unpaired) electrons. The van der Waals surface area contributed by atoms with Crippen molar-refractivity contribution in [2.24, 2.45) is 0 Å². The van der Waals surface area contributed by atoms with Crippen LogP contribution in [0.4, 0.5) is 5.82 Å². The fourth-order valence-electron chi connectivity index (χ4n) is 3.71. The first kappa shape index (κ1) is 24.7. The minimum atomic E-state index is -0.117. The normalized spacial score (nSPS) is 13.8. The number of piperazine rings is 1. The summed E-state index contributed by atoms with van der Waals surface area (Å²) in [5.41, 5.74) is 2.80. The highest BCUT2D eigenvalue weighted by atomic mass is 16.5. The molecule has 2 heterocycles. The van der Waals surface area contributed by atoms with Crippen LogP contribution in [0.5, 0.6) is 0 Å². The van der Waals surface area contributed by atoms with Crippen LogP contribution in [0.2, 0.25) is 0 Å². The van der Waals surface area contributed by atoms with E-state index in [9.17, 15) is 9.59 Å². The van der Waals surface area contributed by atoms with Crippen molar-refractivity contribution in [3.05, 3.63) is 59.3 Å². The van der Waals surface area contributed by atoms with Gasteiger partial charge in [0.15, 0.2) is 0 Å². The molecule has 1 aromatic carbocycles. The summed E-state index contributed by atoms with van der Waals surface area (Å²) in [6, 6.07) is 11.8. The Balaban J connectivity index is 1.39. The van der Waals surface area contributed by atoms with Crippen molar-refractivity contribution in [3.63, 3.8) is 0 Å². The van der Waals surface area contributed by atoms with Crippen molar-refractivity contribution in [2.75, 3.05) is 50.8 Å². The van der Waals surface area contributed by atoms with E-state index in [2.05, 4.69) is 22.1 Å². The predicted molar refractivity (Wildman–Crippen MR) is 131 cm³/mol. The lowest BCUT2D eigenvalue weighted by molar-refractivity contribution is -0.130. The molecule has 0 bridgehead atoms. The van der Waals surface area contributed by atoms with Crippen LogP contribution < -0.4 is 10.2 Å². The van der Waals surface area contributed by atoms with E-state index >= 15 is 0 Å². The second-order valence-corrected chi connectivity index (χ2v) is 8.51. The number of pyridine rings is 1. The van der Waals surface area contributed by atoms with Crippen molar-refractivity contribution in [1.82, 2.24) is 15.2 Å². The molecule has 0 saturated carbocycles. The molecule has 0 atom stereocenters. The van der Waals surface area contributed by atoms with E-state index in [-0.39, 0.29) is 11.8 Å². The summed E-state index contributed by atoms with van der Waals surface area (Å²) >= 11 is 0. The molecule has 33 heavy (non-hydrogen) atoms. The zero-order chi connectivity index (χ0) is 23.5. The zero-order valence-electron chi connectivity index (χ0n) is 19.9. The smallest absolute Gasteiger partial charge is 0.252 e. The van der Waals surface area contributed by atoms with Gasteiger partial charge in [-0.25, -0.2) is 4.98 Å².